The van der Waals surface area contributed by atoms with Crippen LogP contribution in [0.5, 0.6) is 0 Å². The number of fused-ring (bicyclic) bond motifs is 3. The number of amides is 2. The van der Waals surface area contributed by atoms with Crippen molar-refractivity contribution in [1.29, 1.82) is 0 Å². The molecule has 2 aromatic carbocycles. The lowest BCUT2D eigenvalue weighted by atomic mass is 9.70. The third kappa shape index (κ3) is 2.61. The highest BCUT2D eigenvalue weighted by Crippen LogP contribution is 2.52. The Morgan fingerprint density at radius 1 is 1.11 bits per heavy atom. The highest BCUT2D eigenvalue weighted by atomic mass is 32.2. The molecule has 1 heterocycles. The normalized spacial score (nSPS) is 24.9. The van der Waals surface area contributed by atoms with Crippen LogP contribution in [0.2, 0.25) is 0 Å². The first-order valence-corrected chi connectivity index (χ1v) is 10.2. The zero-order chi connectivity index (χ0) is 19.9. The fourth-order valence-corrected chi connectivity index (χ4v) is 6.05. The summed E-state index contributed by atoms with van der Waals surface area (Å²) in [5.41, 5.74) is 1.06. The zero-order valence-corrected chi connectivity index (χ0v) is 16.1. The molecule has 1 fully saturated rings. The van der Waals surface area contributed by atoms with Gasteiger partial charge >= 0.3 is 6.09 Å². The summed E-state index contributed by atoms with van der Waals surface area (Å²) in [7, 11) is -0.546. The van der Waals surface area contributed by atoms with E-state index in [2.05, 4.69) is 0 Å². The number of hydrogen-bond acceptors (Lipinski definition) is 5. The predicted octanol–water partition coefficient (Wildman–Crippen LogP) is 3.18. The fraction of sp³-hybridized carbons (Fsp3) is 0.286. The molecule has 1 saturated carbocycles. The summed E-state index contributed by atoms with van der Waals surface area (Å²) in [4.78, 5) is 40.0. The molecule has 3 atom stereocenters. The highest BCUT2D eigenvalue weighted by Gasteiger charge is 2.60. The maximum atomic E-state index is 13.7. The molecule has 0 saturated heterocycles. The molecule has 0 N–H and O–H groups in total. The second-order valence-electron chi connectivity index (χ2n) is 6.94. The number of rotatable bonds is 2. The maximum Gasteiger partial charge on any atom is 0.420 e. The molecular formula is C21H19NO5S. The van der Waals surface area contributed by atoms with Crippen molar-refractivity contribution >= 4 is 34.3 Å². The minimum Gasteiger partial charge on any atom is -0.452 e. The number of carbonyl (C=O) groups excluding carboxylic acids is 3. The molecular weight excluding hydrogens is 378 g/mol. The molecule has 2 aromatic rings. The van der Waals surface area contributed by atoms with Gasteiger partial charge in [0.15, 0.2) is 0 Å². The molecule has 0 aromatic heterocycles. The smallest absolute Gasteiger partial charge is 0.420 e. The minimum absolute atomic E-state index is 0.0276. The molecule has 7 heteroatoms. The number of hydrogen-bond donors (Lipinski definition) is 0. The number of benzene rings is 2. The Labute approximate surface area is 164 Å². The first-order chi connectivity index (χ1) is 13.5. The van der Waals surface area contributed by atoms with Crippen molar-refractivity contribution in [2.75, 3.05) is 12.0 Å². The molecule has 4 rings (SSSR count). The van der Waals surface area contributed by atoms with E-state index in [-0.39, 0.29) is 25.0 Å². The molecule has 0 bridgehead atoms. The van der Waals surface area contributed by atoms with E-state index in [1.165, 1.54) is 7.11 Å². The molecule has 2 aliphatic rings. The number of anilines is 1. The van der Waals surface area contributed by atoms with Gasteiger partial charge in [0.25, 0.3) is 5.91 Å². The summed E-state index contributed by atoms with van der Waals surface area (Å²) in [6, 6.07) is 15.7. The van der Waals surface area contributed by atoms with Crippen molar-refractivity contribution in [3.05, 3.63) is 60.2 Å². The van der Waals surface area contributed by atoms with Crippen molar-refractivity contribution in [2.45, 2.75) is 34.8 Å². The molecule has 144 valence electrons. The Kier molecular flexibility index (Phi) is 4.63. The SMILES string of the molecule is COC(=O)N1C(=O)[C@@]2(S(=O)c3ccccc3)CCC(=O)C[C@H]2c2ccccc21. The number of nitrogens with zero attached hydrogens (tertiary/aromatic N) is 1. The van der Waals surface area contributed by atoms with Crippen LogP contribution in [0.4, 0.5) is 10.5 Å². The van der Waals surface area contributed by atoms with E-state index in [1.54, 1.807) is 54.6 Å². The van der Waals surface area contributed by atoms with Crippen LogP contribution in [-0.4, -0.2) is 33.8 Å². The average molecular weight is 397 g/mol. The lowest BCUT2D eigenvalue weighted by Crippen LogP contribution is -2.62. The van der Waals surface area contributed by atoms with E-state index >= 15 is 0 Å². The number of carbonyl (C=O) groups is 3. The van der Waals surface area contributed by atoms with E-state index in [9.17, 15) is 18.6 Å². The van der Waals surface area contributed by atoms with Crippen LogP contribution in [0.3, 0.4) is 0 Å². The number of Topliss-reactive ketones (excluding diaryl/α,β-unsaturated/α-hetero) is 1. The molecule has 1 aliphatic heterocycles. The Balaban J connectivity index is 1.97. The van der Waals surface area contributed by atoms with Crippen LogP contribution >= 0.6 is 0 Å². The van der Waals surface area contributed by atoms with Crippen LogP contribution < -0.4 is 4.90 Å². The van der Waals surface area contributed by atoms with E-state index in [1.807, 2.05) is 0 Å². The lowest BCUT2D eigenvalue weighted by Gasteiger charge is -2.47. The van der Waals surface area contributed by atoms with Gasteiger partial charge < -0.3 is 4.74 Å². The van der Waals surface area contributed by atoms with E-state index < -0.39 is 33.5 Å². The van der Waals surface area contributed by atoms with Crippen LogP contribution in [0.1, 0.15) is 30.7 Å². The van der Waals surface area contributed by atoms with E-state index in [0.717, 1.165) is 4.90 Å². The molecule has 28 heavy (non-hydrogen) atoms. The summed E-state index contributed by atoms with van der Waals surface area (Å²) in [6.07, 6.45) is -0.426. The Hall–Kier alpha value is -2.80. The number of imide groups is 1. The van der Waals surface area contributed by atoms with Gasteiger partial charge in [0.2, 0.25) is 0 Å². The van der Waals surface area contributed by atoms with E-state index in [0.29, 0.717) is 16.1 Å². The quantitative estimate of drug-likeness (QED) is 0.777. The van der Waals surface area contributed by atoms with Gasteiger partial charge in [0.1, 0.15) is 10.5 Å². The summed E-state index contributed by atoms with van der Waals surface area (Å²) in [5, 5.41) is 0. The van der Waals surface area contributed by atoms with Gasteiger partial charge in [0, 0.05) is 23.7 Å². The third-order valence-electron chi connectivity index (χ3n) is 5.53. The molecule has 0 radical (unpaired) electrons. The molecule has 1 unspecified atom stereocenters. The van der Waals surface area contributed by atoms with Crippen molar-refractivity contribution in [1.82, 2.24) is 0 Å². The van der Waals surface area contributed by atoms with Gasteiger partial charge in [-0.25, -0.2) is 9.69 Å². The average Bonchev–Trinajstić information content (AvgIpc) is 2.74. The summed E-state index contributed by atoms with van der Waals surface area (Å²) in [5.74, 6) is -1.10. The van der Waals surface area contributed by atoms with Gasteiger partial charge in [-0.15, -0.1) is 0 Å². The van der Waals surface area contributed by atoms with Crippen molar-refractivity contribution < 1.29 is 23.3 Å². The second-order valence-corrected chi connectivity index (χ2v) is 8.67. The summed E-state index contributed by atoms with van der Waals surface area (Å²) in [6.45, 7) is 0. The number of methoxy groups -OCH3 is 1. The first kappa shape index (κ1) is 18.6. The Morgan fingerprint density at radius 3 is 2.50 bits per heavy atom. The van der Waals surface area contributed by atoms with Gasteiger partial charge in [-0.05, 0) is 30.2 Å². The fourth-order valence-electron chi connectivity index (χ4n) is 4.22. The molecule has 0 spiro atoms. The number of ether oxygens (including phenoxy) is 1. The van der Waals surface area contributed by atoms with E-state index in [4.69, 9.17) is 4.74 Å². The standard InChI is InChI=1S/C21H19NO5S/c1-27-20(25)22-18-10-6-5-9-16(18)17-13-14(23)11-12-21(17,19(22)24)28(26)15-7-3-2-4-8-15/h2-10,17H,11-13H2,1H3/t17-,21+,28?/m0/s1. The Morgan fingerprint density at radius 2 is 1.79 bits per heavy atom. The van der Waals surface area contributed by atoms with Gasteiger partial charge in [-0.1, -0.05) is 36.4 Å². The van der Waals surface area contributed by atoms with Crippen molar-refractivity contribution in [3.8, 4) is 0 Å². The number of ketones is 1. The highest BCUT2D eigenvalue weighted by molar-refractivity contribution is 7.87. The topological polar surface area (TPSA) is 80.8 Å². The van der Waals surface area contributed by atoms with Crippen LogP contribution in [0.25, 0.3) is 0 Å². The van der Waals surface area contributed by atoms with Crippen LogP contribution in [-0.2, 0) is 25.1 Å². The molecule has 6 nitrogen and oxygen atoms in total. The van der Waals surface area contributed by atoms with Gasteiger partial charge in [-0.2, -0.15) is 0 Å². The maximum absolute atomic E-state index is 13.7. The lowest BCUT2D eigenvalue weighted by molar-refractivity contribution is -0.126. The summed E-state index contributed by atoms with van der Waals surface area (Å²) >= 11 is 0. The van der Waals surface area contributed by atoms with Crippen molar-refractivity contribution in [2.24, 2.45) is 0 Å². The molecule has 2 amide bonds. The number of para-hydroxylation sites is 1. The minimum atomic E-state index is -1.75. The largest absolute Gasteiger partial charge is 0.452 e. The second kappa shape index (κ2) is 6.98. The zero-order valence-electron chi connectivity index (χ0n) is 15.3. The van der Waals surface area contributed by atoms with Crippen LogP contribution in [0, 0.1) is 0 Å². The van der Waals surface area contributed by atoms with Crippen molar-refractivity contribution in [3.63, 3.8) is 0 Å². The van der Waals surface area contributed by atoms with Gasteiger partial charge in [0.05, 0.1) is 23.6 Å². The van der Waals surface area contributed by atoms with Gasteiger partial charge in [-0.3, -0.25) is 13.8 Å². The summed E-state index contributed by atoms with van der Waals surface area (Å²) < 4.78 is 17.2. The van der Waals surface area contributed by atoms with Crippen LogP contribution in [0.15, 0.2) is 59.5 Å². The monoisotopic (exact) mass is 397 g/mol. The Bertz CT molecular complexity index is 989. The predicted molar refractivity (Wildman–Crippen MR) is 104 cm³/mol. The first-order valence-electron chi connectivity index (χ1n) is 9.00. The third-order valence-corrected chi connectivity index (χ3v) is 7.56. The molecule has 1 aliphatic carbocycles.